The van der Waals surface area contributed by atoms with Gasteiger partial charge in [0.15, 0.2) is 0 Å². The fourth-order valence-electron chi connectivity index (χ4n) is 5.18. The summed E-state index contributed by atoms with van der Waals surface area (Å²) in [5.41, 5.74) is 2.60. The van der Waals surface area contributed by atoms with Crippen LogP contribution in [0.15, 0.2) is 28.7 Å². The van der Waals surface area contributed by atoms with Gasteiger partial charge in [-0.2, -0.15) is 11.8 Å². The lowest BCUT2D eigenvalue weighted by molar-refractivity contribution is -0.132. The van der Waals surface area contributed by atoms with E-state index in [1.165, 1.54) is 32.1 Å². The summed E-state index contributed by atoms with van der Waals surface area (Å²) in [7, 11) is 0. The number of piperidine rings is 1. The molecule has 1 aromatic carbocycles. The van der Waals surface area contributed by atoms with Gasteiger partial charge in [0.05, 0.1) is 11.1 Å². The van der Waals surface area contributed by atoms with E-state index in [4.69, 9.17) is 9.40 Å². The molecule has 1 amide bonds. The van der Waals surface area contributed by atoms with Crippen molar-refractivity contribution in [2.24, 2.45) is 5.41 Å². The van der Waals surface area contributed by atoms with E-state index in [0.717, 1.165) is 65.9 Å². The van der Waals surface area contributed by atoms with Crippen LogP contribution in [-0.4, -0.2) is 41.5 Å². The van der Waals surface area contributed by atoms with Gasteiger partial charge in [-0.3, -0.25) is 4.79 Å². The van der Waals surface area contributed by atoms with Crippen LogP contribution in [0.4, 0.5) is 0 Å². The number of aromatic nitrogens is 1. The van der Waals surface area contributed by atoms with Gasteiger partial charge in [0.1, 0.15) is 5.76 Å². The van der Waals surface area contributed by atoms with Crippen LogP contribution in [0.5, 0.6) is 0 Å². The van der Waals surface area contributed by atoms with E-state index in [1.807, 2.05) is 25.1 Å². The van der Waals surface area contributed by atoms with Crippen molar-refractivity contribution in [3.63, 3.8) is 0 Å². The van der Waals surface area contributed by atoms with Crippen molar-refractivity contribution in [3.8, 4) is 11.5 Å². The lowest BCUT2D eigenvalue weighted by Gasteiger charge is -2.36. The molecule has 4 rings (SSSR count). The van der Waals surface area contributed by atoms with Crippen LogP contribution in [0.2, 0.25) is 0 Å². The SMILES string of the molecule is Cc1ccccc1-c1nc(CC2(C(=O)NCCCSC3CCCCC3)CCCNC2)c(C)o1. The molecule has 1 aliphatic heterocycles. The Balaban J connectivity index is 1.37. The molecule has 2 aromatic rings. The van der Waals surface area contributed by atoms with Gasteiger partial charge in [0, 0.05) is 30.3 Å². The average molecular weight is 470 g/mol. The van der Waals surface area contributed by atoms with Crippen molar-refractivity contribution in [2.75, 3.05) is 25.4 Å². The second-order valence-corrected chi connectivity index (χ2v) is 11.2. The van der Waals surface area contributed by atoms with E-state index < -0.39 is 5.41 Å². The van der Waals surface area contributed by atoms with Gasteiger partial charge in [-0.1, -0.05) is 37.5 Å². The average Bonchev–Trinajstić information content (AvgIpc) is 3.19. The minimum absolute atomic E-state index is 0.164. The number of rotatable bonds is 9. The highest BCUT2D eigenvalue weighted by Crippen LogP contribution is 2.34. The molecule has 180 valence electrons. The summed E-state index contributed by atoms with van der Waals surface area (Å²) >= 11 is 2.10. The minimum atomic E-state index is -0.459. The molecule has 6 heteroatoms. The molecule has 0 bridgehead atoms. The van der Waals surface area contributed by atoms with E-state index in [0.29, 0.717) is 18.9 Å². The Labute approximate surface area is 202 Å². The van der Waals surface area contributed by atoms with Crippen LogP contribution in [0.25, 0.3) is 11.5 Å². The number of nitrogens with zero attached hydrogens (tertiary/aromatic N) is 1. The van der Waals surface area contributed by atoms with Gasteiger partial charge >= 0.3 is 0 Å². The molecular formula is C27H39N3O2S. The Morgan fingerprint density at radius 3 is 2.79 bits per heavy atom. The number of hydrogen-bond acceptors (Lipinski definition) is 5. The van der Waals surface area contributed by atoms with Gasteiger partial charge < -0.3 is 15.1 Å². The van der Waals surface area contributed by atoms with Crippen molar-refractivity contribution in [1.29, 1.82) is 0 Å². The summed E-state index contributed by atoms with van der Waals surface area (Å²) in [6.07, 6.45) is 10.5. The molecule has 2 heterocycles. The zero-order valence-electron chi connectivity index (χ0n) is 20.3. The van der Waals surface area contributed by atoms with Crippen molar-refractivity contribution in [2.45, 2.75) is 76.9 Å². The van der Waals surface area contributed by atoms with Crippen LogP contribution in [0, 0.1) is 19.3 Å². The lowest BCUT2D eigenvalue weighted by Crippen LogP contribution is -2.52. The maximum absolute atomic E-state index is 13.4. The molecular weight excluding hydrogens is 430 g/mol. The predicted molar refractivity (Wildman–Crippen MR) is 137 cm³/mol. The summed E-state index contributed by atoms with van der Waals surface area (Å²) in [6, 6.07) is 8.14. The van der Waals surface area contributed by atoms with E-state index in [-0.39, 0.29) is 5.91 Å². The standard InChI is InChI=1S/C27H39N3O2S/c1-20-10-6-7-13-23(20)25-30-24(21(2)32-25)18-27(14-8-15-28-19-27)26(31)29-16-9-17-33-22-11-4-3-5-12-22/h6-7,10,13,22,28H,3-5,8-9,11-12,14-19H2,1-2H3,(H,29,31). The van der Waals surface area contributed by atoms with Gasteiger partial charge in [-0.15, -0.1) is 0 Å². The van der Waals surface area contributed by atoms with Crippen LogP contribution in [0.3, 0.4) is 0 Å². The second kappa shape index (κ2) is 11.6. The number of aryl methyl sites for hydroxylation is 2. The molecule has 0 spiro atoms. The largest absolute Gasteiger partial charge is 0.441 e. The van der Waals surface area contributed by atoms with E-state index in [2.05, 4.69) is 35.4 Å². The molecule has 1 aliphatic carbocycles. The number of hydrogen-bond donors (Lipinski definition) is 2. The maximum Gasteiger partial charge on any atom is 0.227 e. The van der Waals surface area contributed by atoms with Crippen molar-refractivity contribution < 1.29 is 9.21 Å². The molecule has 5 nitrogen and oxygen atoms in total. The third kappa shape index (κ3) is 6.21. The monoisotopic (exact) mass is 469 g/mol. The number of oxazole rings is 1. The molecule has 2 N–H and O–H groups in total. The lowest BCUT2D eigenvalue weighted by atomic mass is 9.75. The van der Waals surface area contributed by atoms with E-state index >= 15 is 0 Å². The highest BCUT2D eigenvalue weighted by atomic mass is 32.2. The number of carbonyl (C=O) groups excluding carboxylic acids is 1. The summed E-state index contributed by atoms with van der Waals surface area (Å²) in [4.78, 5) is 18.3. The summed E-state index contributed by atoms with van der Waals surface area (Å²) < 4.78 is 6.05. The first-order valence-corrected chi connectivity index (χ1v) is 13.8. The molecule has 33 heavy (non-hydrogen) atoms. The fraction of sp³-hybridized carbons (Fsp3) is 0.630. The Kier molecular flexibility index (Phi) is 8.53. The van der Waals surface area contributed by atoms with E-state index in [9.17, 15) is 4.79 Å². The van der Waals surface area contributed by atoms with Crippen molar-refractivity contribution >= 4 is 17.7 Å². The Morgan fingerprint density at radius 1 is 1.21 bits per heavy atom. The number of carbonyl (C=O) groups is 1. The highest BCUT2D eigenvalue weighted by molar-refractivity contribution is 7.99. The summed E-state index contributed by atoms with van der Waals surface area (Å²) in [6.45, 7) is 6.46. The second-order valence-electron chi connectivity index (χ2n) is 9.81. The smallest absolute Gasteiger partial charge is 0.227 e. The maximum atomic E-state index is 13.4. The Bertz CT molecular complexity index is 914. The highest BCUT2D eigenvalue weighted by Gasteiger charge is 2.41. The molecule has 2 aliphatic rings. The van der Waals surface area contributed by atoms with Gasteiger partial charge in [0.2, 0.25) is 11.8 Å². The molecule has 1 atom stereocenters. The Morgan fingerprint density at radius 2 is 2.03 bits per heavy atom. The first-order valence-electron chi connectivity index (χ1n) is 12.7. The molecule has 2 fully saturated rings. The molecule has 1 saturated heterocycles. The first-order chi connectivity index (χ1) is 16.1. The van der Waals surface area contributed by atoms with Crippen LogP contribution in [-0.2, 0) is 11.2 Å². The van der Waals surface area contributed by atoms with Gasteiger partial charge in [0.25, 0.3) is 0 Å². The van der Waals surface area contributed by atoms with Gasteiger partial charge in [-0.25, -0.2) is 4.98 Å². The zero-order valence-corrected chi connectivity index (χ0v) is 21.1. The van der Waals surface area contributed by atoms with Crippen molar-refractivity contribution in [3.05, 3.63) is 41.3 Å². The number of thioether (sulfide) groups is 1. The molecule has 0 radical (unpaired) electrons. The Hall–Kier alpha value is -1.79. The quantitative estimate of drug-likeness (QED) is 0.479. The zero-order chi connectivity index (χ0) is 23.1. The number of nitrogens with one attached hydrogen (secondary N) is 2. The number of benzene rings is 1. The van der Waals surface area contributed by atoms with Crippen LogP contribution in [0.1, 0.15) is 68.4 Å². The normalized spacial score (nSPS) is 21.8. The topological polar surface area (TPSA) is 67.2 Å². The van der Waals surface area contributed by atoms with Crippen molar-refractivity contribution in [1.82, 2.24) is 15.6 Å². The molecule has 1 aromatic heterocycles. The van der Waals surface area contributed by atoms with Gasteiger partial charge in [-0.05, 0) is 69.9 Å². The van der Waals surface area contributed by atoms with Crippen LogP contribution < -0.4 is 10.6 Å². The summed E-state index contributed by atoms with van der Waals surface area (Å²) in [5.74, 6) is 2.77. The molecule has 1 saturated carbocycles. The van der Waals surface area contributed by atoms with E-state index in [1.54, 1.807) is 0 Å². The molecule has 1 unspecified atom stereocenters. The minimum Gasteiger partial charge on any atom is -0.441 e. The third-order valence-electron chi connectivity index (χ3n) is 7.24. The first kappa shape index (κ1) is 24.3. The fourth-order valence-corrected chi connectivity index (χ4v) is 6.49. The third-order valence-corrected chi connectivity index (χ3v) is 8.71. The predicted octanol–water partition coefficient (Wildman–Crippen LogP) is 5.44. The van der Waals surface area contributed by atoms with Crippen LogP contribution >= 0.6 is 11.8 Å². The number of amides is 1. The summed E-state index contributed by atoms with van der Waals surface area (Å²) in [5, 5.41) is 7.57.